The zero-order valence-corrected chi connectivity index (χ0v) is 14.8. The first-order valence-electron chi connectivity index (χ1n) is 7.49. The van der Waals surface area contributed by atoms with Crippen molar-refractivity contribution in [2.24, 2.45) is 5.92 Å². The lowest BCUT2D eigenvalue weighted by Gasteiger charge is -2.58. The van der Waals surface area contributed by atoms with E-state index in [0.29, 0.717) is 0 Å². The first-order chi connectivity index (χ1) is 11.0. The molecule has 3 saturated heterocycles. The lowest BCUT2D eigenvalue weighted by molar-refractivity contribution is -0.506. The summed E-state index contributed by atoms with van der Waals surface area (Å²) in [6.45, 7) is 6.13. The van der Waals surface area contributed by atoms with Crippen LogP contribution < -0.4 is 0 Å². The van der Waals surface area contributed by atoms with Crippen LogP contribution in [0.3, 0.4) is 0 Å². The van der Waals surface area contributed by atoms with Crippen LogP contribution in [0.4, 0.5) is 0 Å². The average molecular weight is 346 g/mol. The first kappa shape index (κ1) is 17.6. The normalized spacial score (nSPS) is 52.2. The van der Waals surface area contributed by atoms with E-state index in [-0.39, 0.29) is 0 Å². The molecule has 0 spiro atoms. The van der Waals surface area contributed by atoms with E-state index in [0.717, 1.165) is 0 Å². The molecule has 3 rings (SSSR count). The van der Waals surface area contributed by atoms with Gasteiger partial charge in [0.1, 0.15) is 0 Å². The minimum Gasteiger partial charge on any atom is -0.468 e. The molecule has 0 aromatic carbocycles. The van der Waals surface area contributed by atoms with Gasteiger partial charge in [0.15, 0.2) is 17.5 Å². The summed E-state index contributed by atoms with van der Waals surface area (Å²) in [4.78, 5) is 25.1. The maximum absolute atomic E-state index is 12.7. The highest BCUT2D eigenvalue weighted by Crippen LogP contribution is 2.66. The highest BCUT2D eigenvalue weighted by molar-refractivity contribution is 5.84. The lowest BCUT2D eigenvalue weighted by atomic mass is 9.81. The van der Waals surface area contributed by atoms with Gasteiger partial charge in [-0.1, -0.05) is 0 Å². The molecule has 3 aliphatic rings. The fraction of sp³-hybridized carbons (Fsp3) is 0.867. The molecule has 3 aliphatic heterocycles. The van der Waals surface area contributed by atoms with Crippen LogP contribution in [0.5, 0.6) is 0 Å². The molecule has 6 atom stereocenters. The van der Waals surface area contributed by atoms with Crippen LogP contribution in [0.15, 0.2) is 0 Å². The van der Waals surface area contributed by atoms with Crippen molar-refractivity contribution < 1.29 is 42.7 Å². The van der Waals surface area contributed by atoms with Crippen LogP contribution >= 0.6 is 0 Å². The predicted molar refractivity (Wildman–Crippen MR) is 75.2 cm³/mol. The van der Waals surface area contributed by atoms with E-state index in [1.54, 1.807) is 6.92 Å². The quantitative estimate of drug-likeness (QED) is 0.668. The van der Waals surface area contributed by atoms with Crippen molar-refractivity contribution in [2.45, 2.75) is 56.4 Å². The van der Waals surface area contributed by atoms with Gasteiger partial charge in [0, 0.05) is 7.11 Å². The monoisotopic (exact) mass is 346 g/mol. The van der Waals surface area contributed by atoms with Crippen molar-refractivity contribution in [3.8, 4) is 0 Å². The van der Waals surface area contributed by atoms with Crippen LogP contribution in [0.1, 0.15) is 27.7 Å². The Morgan fingerprint density at radius 1 is 0.833 bits per heavy atom. The second kappa shape index (κ2) is 4.67. The van der Waals surface area contributed by atoms with E-state index < -0.39 is 46.6 Å². The Hall–Kier alpha value is -1.26. The molecule has 0 unspecified atom stereocenters. The van der Waals surface area contributed by atoms with Crippen LogP contribution in [-0.2, 0) is 42.7 Å². The van der Waals surface area contributed by atoms with Crippen LogP contribution in [0.25, 0.3) is 0 Å². The van der Waals surface area contributed by atoms with Crippen molar-refractivity contribution in [1.82, 2.24) is 0 Å². The van der Waals surface area contributed by atoms with Crippen molar-refractivity contribution in [3.63, 3.8) is 0 Å². The van der Waals surface area contributed by atoms with Crippen molar-refractivity contribution >= 4 is 11.9 Å². The van der Waals surface area contributed by atoms with Crippen molar-refractivity contribution in [1.29, 1.82) is 0 Å². The molecule has 3 bridgehead atoms. The number of hydrogen-bond donors (Lipinski definition) is 0. The van der Waals surface area contributed by atoms with Gasteiger partial charge in [-0.2, -0.15) is 0 Å². The third-order valence-corrected chi connectivity index (χ3v) is 5.18. The van der Waals surface area contributed by atoms with E-state index in [1.807, 2.05) is 0 Å². The summed E-state index contributed by atoms with van der Waals surface area (Å²) >= 11 is 0. The number of ether oxygens (including phenoxy) is 7. The largest absolute Gasteiger partial charge is 0.468 e. The molecule has 3 fully saturated rings. The van der Waals surface area contributed by atoms with Crippen molar-refractivity contribution in [2.75, 3.05) is 21.3 Å². The van der Waals surface area contributed by atoms with Gasteiger partial charge < -0.3 is 33.2 Å². The minimum absolute atomic E-state index is 0.664. The molecule has 3 heterocycles. The van der Waals surface area contributed by atoms with Gasteiger partial charge in [-0.3, -0.25) is 4.79 Å². The van der Waals surface area contributed by atoms with Crippen LogP contribution in [0.2, 0.25) is 0 Å². The smallest absolute Gasteiger partial charge is 0.349 e. The third-order valence-electron chi connectivity index (χ3n) is 5.18. The Balaban J connectivity index is 2.28. The number of esters is 2. The molecule has 0 saturated carbocycles. The Morgan fingerprint density at radius 2 is 1.38 bits per heavy atom. The number of carbonyl (C=O) groups excluding carboxylic acids is 2. The van der Waals surface area contributed by atoms with Gasteiger partial charge in [0.2, 0.25) is 11.6 Å². The standard InChI is InChI=1S/C15H22O9/c1-11-8(9(16)18-5)12(2)23-14(4,22-11)15(24-12,10(17)19-6)13(3,20-7)21-11/h8H,1-7H3/t8-,11+,12+,13+,14+,15-/m1/s1. The van der Waals surface area contributed by atoms with Gasteiger partial charge >= 0.3 is 11.9 Å². The molecule has 136 valence electrons. The molecule has 0 radical (unpaired) electrons. The van der Waals surface area contributed by atoms with Gasteiger partial charge in [0.05, 0.1) is 14.2 Å². The molecular formula is C15H22O9. The van der Waals surface area contributed by atoms with Crippen molar-refractivity contribution in [3.05, 3.63) is 0 Å². The molecule has 0 N–H and O–H groups in total. The highest BCUT2D eigenvalue weighted by atomic mass is 16.9. The van der Waals surface area contributed by atoms with E-state index in [9.17, 15) is 9.59 Å². The summed E-state index contributed by atoms with van der Waals surface area (Å²) in [5.41, 5.74) is -1.90. The molecule has 0 amide bonds. The minimum atomic E-state index is -1.90. The Labute approximate surface area is 139 Å². The number of methoxy groups -OCH3 is 3. The summed E-state index contributed by atoms with van der Waals surface area (Å²) in [6, 6.07) is 0. The van der Waals surface area contributed by atoms with Gasteiger partial charge in [-0.05, 0) is 27.7 Å². The van der Waals surface area contributed by atoms with Gasteiger partial charge in [0.25, 0.3) is 5.60 Å². The maximum Gasteiger partial charge on any atom is 0.349 e. The maximum atomic E-state index is 12.7. The molecular weight excluding hydrogens is 324 g/mol. The molecule has 24 heavy (non-hydrogen) atoms. The highest BCUT2D eigenvalue weighted by Gasteiger charge is 2.88. The molecule has 0 aromatic rings. The molecule has 0 aromatic heterocycles. The van der Waals surface area contributed by atoms with Gasteiger partial charge in [-0.25, -0.2) is 4.79 Å². The Morgan fingerprint density at radius 3 is 1.83 bits per heavy atom. The second-order valence-electron chi connectivity index (χ2n) is 6.66. The van der Waals surface area contributed by atoms with Crippen LogP contribution in [0, 0.1) is 5.92 Å². The number of fused-ring (bicyclic) bond motifs is 2. The van der Waals surface area contributed by atoms with E-state index in [1.165, 1.54) is 42.1 Å². The SMILES string of the molecule is COC(=O)[C@H]1[C@@]2(C)O[C@]3(C)O[C@]1(C)O[C@](C)(OC)[C@@]3(C(=O)OC)O2. The summed E-state index contributed by atoms with van der Waals surface area (Å²) in [6.07, 6.45) is 0. The fourth-order valence-corrected chi connectivity index (χ4v) is 4.34. The summed E-state index contributed by atoms with van der Waals surface area (Å²) in [7, 11) is 3.79. The Bertz CT molecular complexity index is 602. The topological polar surface area (TPSA) is 98.8 Å². The number of hydrogen-bond acceptors (Lipinski definition) is 9. The number of carbonyl (C=O) groups is 2. The molecule has 9 heteroatoms. The fourth-order valence-electron chi connectivity index (χ4n) is 4.34. The zero-order chi connectivity index (χ0) is 18.2. The molecule has 9 nitrogen and oxygen atoms in total. The van der Waals surface area contributed by atoms with E-state index in [4.69, 9.17) is 33.2 Å². The summed E-state index contributed by atoms with van der Waals surface area (Å²) in [5.74, 6) is -8.87. The zero-order valence-electron chi connectivity index (χ0n) is 14.8. The number of rotatable bonds is 3. The van der Waals surface area contributed by atoms with E-state index in [2.05, 4.69) is 0 Å². The predicted octanol–water partition coefficient (Wildman–Crippen LogP) is 0.306. The summed E-state index contributed by atoms with van der Waals surface area (Å²) in [5, 5.41) is 0. The van der Waals surface area contributed by atoms with E-state index >= 15 is 0 Å². The second-order valence-corrected chi connectivity index (χ2v) is 6.66. The summed E-state index contributed by atoms with van der Waals surface area (Å²) < 4.78 is 39.1. The molecule has 0 aliphatic carbocycles. The Kier molecular flexibility index (Phi) is 3.42. The lowest BCUT2D eigenvalue weighted by Crippen LogP contribution is -2.79. The van der Waals surface area contributed by atoms with Crippen LogP contribution in [-0.4, -0.2) is 62.0 Å². The third kappa shape index (κ3) is 1.66. The average Bonchev–Trinajstić information content (AvgIpc) is 2.66. The van der Waals surface area contributed by atoms with Gasteiger partial charge in [-0.15, -0.1) is 0 Å². The first-order valence-corrected chi connectivity index (χ1v) is 7.49.